The Bertz CT molecular complexity index is 281. The number of halogens is 3. The molecular weight excluding hydrogens is 275 g/mol. The van der Waals surface area contributed by atoms with E-state index in [0.29, 0.717) is 11.6 Å². The van der Waals surface area contributed by atoms with Crippen LogP contribution in [0, 0.1) is 0 Å². The van der Waals surface area contributed by atoms with Crippen molar-refractivity contribution in [2.75, 3.05) is 6.54 Å². The molecule has 0 heterocycles. The third kappa shape index (κ3) is 3.44. The highest BCUT2D eigenvalue weighted by atomic mass is 79.9. The third-order valence-electron chi connectivity index (χ3n) is 1.62. The summed E-state index contributed by atoms with van der Waals surface area (Å²) in [5.74, 6) is 0. The van der Waals surface area contributed by atoms with Crippen molar-refractivity contribution in [2.24, 2.45) is 11.5 Å². The Labute approximate surface area is 97.2 Å². The Morgan fingerprint density at radius 3 is 2.54 bits per heavy atom. The Balaban J connectivity index is 0.00000144. The molecule has 0 saturated heterocycles. The molecule has 0 aromatic heterocycles. The van der Waals surface area contributed by atoms with Gasteiger partial charge in [-0.25, -0.2) is 0 Å². The van der Waals surface area contributed by atoms with Gasteiger partial charge >= 0.3 is 0 Å². The molecule has 0 radical (unpaired) electrons. The summed E-state index contributed by atoms with van der Waals surface area (Å²) in [6, 6.07) is 5.41. The topological polar surface area (TPSA) is 52.0 Å². The SMILES string of the molecule is Cl.NC[C@H](N)c1ccc(Br)cc1Cl. The molecule has 4 N–H and O–H groups in total. The minimum atomic E-state index is -0.175. The summed E-state index contributed by atoms with van der Waals surface area (Å²) in [5, 5.41) is 0.655. The molecule has 74 valence electrons. The van der Waals surface area contributed by atoms with Crippen LogP contribution >= 0.6 is 39.9 Å². The van der Waals surface area contributed by atoms with Crippen molar-refractivity contribution < 1.29 is 0 Å². The summed E-state index contributed by atoms with van der Waals surface area (Å²) >= 11 is 9.25. The van der Waals surface area contributed by atoms with E-state index >= 15 is 0 Å². The highest BCUT2D eigenvalue weighted by molar-refractivity contribution is 9.10. The van der Waals surface area contributed by atoms with Crippen LogP contribution in [-0.4, -0.2) is 6.54 Å². The molecule has 2 nitrogen and oxygen atoms in total. The van der Waals surface area contributed by atoms with E-state index in [1.165, 1.54) is 0 Å². The van der Waals surface area contributed by atoms with Gasteiger partial charge in [0, 0.05) is 22.1 Å². The second-order valence-electron chi connectivity index (χ2n) is 2.51. The first kappa shape index (κ1) is 13.2. The van der Waals surface area contributed by atoms with Gasteiger partial charge in [0.05, 0.1) is 0 Å². The van der Waals surface area contributed by atoms with Crippen molar-refractivity contribution in [1.82, 2.24) is 0 Å². The first-order valence-corrected chi connectivity index (χ1v) is 4.73. The van der Waals surface area contributed by atoms with Crippen molar-refractivity contribution in [3.8, 4) is 0 Å². The van der Waals surface area contributed by atoms with Gasteiger partial charge in [-0.2, -0.15) is 0 Å². The van der Waals surface area contributed by atoms with Crippen molar-refractivity contribution in [1.29, 1.82) is 0 Å². The van der Waals surface area contributed by atoms with Crippen LogP contribution in [-0.2, 0) is 0 Å². The minimum absolute atomic E-state index is 0. The van der Waals surface area contributed by atoms with Crippen molar-refractivity contribution in [3.63, 3.8) is 0 Å². The molecular formula is C8H11BrCl2N2. The molecule has 0 aliphatic rings. The summed E-state index contributed by atoms with van der Waals surface area (Å²) in [6.07, 6.45) is 0. The molecule has 1 atom stereocenters. The number of benzene rings is 1. The lowest BCUT2D eigenvalue weighted by Crippen LogP contribution is -2.20. The van der Waals surface area contributed by atoms with Gasteiger partial charge in [-0.3, -0.25) is 0 Å². The molecule has 0 spiro atoms. The largest absolute Gasteiger partial charge is 0.329 e. The van der Waals surface area contributed by atoms with Crippen LogP contribution in [0.4, 0.5) is 0 Å². The fourth-order valence-electron chi connectivity index (χ4n) is 0.929. The maximum absolute atomic E-state index is 5.94. The molecule has 0 aliphatic carbocycles. The lowest BCUT2D eigenvalue weighted by atomic mass is 10.1. The quantitative estimate of drug-likeness (QED) is 0.877. The molecule has 0 amide bonds. The van der Waals surface area contributed by atoms with Crippen molar-refractivity contribution in [3.05, 3.63) is 33.3 Å². The number of rotatable bonds is 2. The molecule has 13 heavy (non-hydrogen) atoms. The molecule has 0 fully saturated rings. The average molecular weight is 286 g/mol. The smallest absolute Gasteiger partial charge is 0.0465 e. The van der Waals surface area contributed by atoms with Crippen LogP contribution in [0.2, 0.25) is 5.02 Å². The molecule has 1 aromatic rings. The Hall–Kier alpha value is 0.200. The predicted molar refractivity (Wildman–Crippen MR) is 62.4 cm³/mol. The van der Waals surface area contributed by atoms with E-state index < -0.39 is 0 Å². The molecule has 1 aromatic carbocycles. The number of hydrogen-bond donors (Lipinski definition) is 2. The second-order valence-corrected chi connectivity index (χ2v) is 3.83. The zero-order valence-corrected chi connectivity index (χ0v) is 9.99. The van der Waals surface area contributed by atoms with Crippen LogP contribution in [0.5, 0.6) is 0 Å². The molecule has 1 rings (SSSR count). The Morgan fingerprint density at radius 2 is 2.08 bits per heavy atom. The highest BCUT2D eigenvalue weighted by Gasteiger charge is 2.07. The van der Waals surface area contributed by atoms with Crippen LogP contribution in [0.25, 0.3) is 0 Å². The van der Waals surface area contributed by atoms with E-state index in [-0.39, 0.29) is 18.4 Å². The van der Waals surface area contributed by atoms with Gasteiger partial charge < -0.3 is 11.5 Å². The monoisotopic (exact) mass is 284 g/mol. The third-order valence-corrected chi connectivity index (χ3v) is 2.44. The number of hydrogen-bond acceptors (Lipinski definition) is 2. The van der Waals surface area contributed by atoms with E-state index in [0.717, 1.165) is 10.0 Å². The maximum Gasteiger partial charge on any atom is 0.0465 e. The normalized spacial score (nSPS) is 12.0. The fraction of sp³-hybridized carbons (Fsp3) is 0.250. The van der Waals surface area contributed by atoms with Gasteiger partial charge in [0.1, 0.15) is 0 Å². The first-order chi connectivity index (χ1) is 5.65. The van der Waals surface area contributed by atoms with Crippen LogP contribution in [0.1, 0.15) is 11.6 Å². The van der Waals surface area contributed by atoms with Crippen LogP contribution < -0.4 is 11.5 Å². The van der Waals surface area contributed by atoms with E-state index in [1.54, 1.807) is 0 Å². The standard InChI is InChI=1S/C8H10BrClN2.ClH/c9-5-1-2-6(7(10)3-5)8(12)4-11;/h1-3,8H,4,11-12H2;1H/t8-;/m0./s1. The second kappa shape index (κ2) is 5.83. The molecule has 0 bridgehead atoms. The summed E-state index contributed by atoms with van der Waals surface area (Å²) in [4.78, 5) is 0. The van der Waals surface area contributed by atoms with Gasteiger partial charge in [0.2, 0.25) is 0 Å². The zero-order chi connectivity index (χ0) is 9.14. The Kier molecular flexibility index (Phi) is 5.92. The van der Waals surface area contributed by atoms with Gasteiger partial charge in [0.15, 0.2) is 0 Å². The number of nitrogens with two attached hydrogens (primary N) is 2. The summed E-state index contributed by atoms with van der Waals surface area (Å²) < 4.78 is 0.945. The van der Waals surface area contributed by atoms with E-state index in [9.17, 15) is 0 Å². The fourth-order valence-corrected chi connectivity index (χ4v) is 1.74. The van der Waals surface area contributed by atoms with Crippen molar-refractivity contribution >= 4 is 39.9 Å². The van der Waals surface area contributed by atoms with E-state index in [4.69, 9.17) is 23.1 Å². The summed E-state index contributed by atoms with van der Waals surface area (Å²) in [6.45, 7) is 0.404. The van der Waals surface area contributed by atoms with Crippen LogP contribution in [0.3, 0.4) is 0 Å². The molecule has 0 saturated carbocycles. The molecule has 5 heteroatoms. The first-order valence-electron chi connectivity index (χ1n) is 3.55. The molecule has 0 aliphatic heterocycles. The summed E-state index contributed by atoms with van der Waals surface area (Å²) in [5.41, 5.74) is 12.0. The molecule has 0 unspecified atom stereocenters. The van der Waals surface area contributed by atoms with Gasteiger partial charge in [-0.1, -0.05) is 33.6 Å². The maximum atomic E-state index is 5.94. The van der Waals surface area contributed by atoms with E-state index in [1.807, 2.05) is 18.2 Å². The van der Waals surface area contributed by atoms with Gasteiger partial charge in [0.25, 0.3) is 0 Å². The highest BCUT2D eigenvalue weighted by Crippen LogP contribution is 2.24. The van der Waals surface area contributed by atoms with Crippen LogP contribution in [0.15, 0.2) is 22.7 Å². The summed E-state index contributed by atoms with van der Waals surface area (Å²) in [7, 11) is 0. The van der Waals surface area contributed by atoms with Crippen molar-refractivity contribution in [2.45, 2.75) is 6.04 Å². The average Bonchev–Trinajstić information content (AvgIpc) is 2.03. The van der Waals surface area contributed by atoms with Gasteiger partial charge in [-0.15, -0.1) is 12.4 Å². The van der Waals surface area contributed by atoms with E-state index in [2.05, 4.69) is 15.9 Å². The minimum Gasteiger partial charge on any atom is -0.329 e. The zero-order valence-electron chi connectivity index (χ0n) is 6.84. The van der Waals surface area contributed by atoms with Gasteiger partial charge in [-0.05, 0) is 17.7 Å². The lowest BCUT2D eigenvalue weighted by molar-refractivity contribution is 0.737. The Morgan fingerprint density at radius 1 is 1.46 bits per heavy atom. The predicted octanol–water partition coefficient (Wildman–Crippen LogP) is 2.48. The lowest BCUT2D eigenvalue weighted by Gasteiger charge is -2.10.